The lowest BCUT2D eigenvalue weighted by molar-refractivity contribution is -0.0898. The fourth-order valence-electron chi connectivity index (χ4n) is 5.23. The number of aromatic nitrogens is 2. The molecule has 0 radical (unpaired) electrons. The zero-order valence-electron chi connectivity index (χ0n) is 22.6. The second kappa shape index (κ2) is 13.6. The Balaban J connectivity index is 1.35. The average Bonchev–Trinajstić information content (AvgIpc) is 3.55. The maximum absolute atomic E-state index is 6.86. The predicted molar refractivity (Wildman–Crippen MR) is 165 cm³/mol. The Bertz CT molecular complexity index is 1600. The first-order valence-corrected chi connectivity index (χ1v) is 14.8. The number of hydrogen-bond acceptors (Lipinski definition) is 5. The largest absolute Gasteiger partial charge is 0.374 e. The van der Waals surface area contributed by atoms with Crippen LogP contribution in [0.4, 0.5) is 0 Å². The SMILES string of the molecule is Clc1nc2c([C@@H]3O[C@H](COCc4ccccc4)[C@@H](OCc4ccccc4)[C@@H]3OCc3ccccc3)c(Cl)c(Cl)cc2[nH]1. The van der Waals surface area contributed by atoms with Gasteiger partial charge >= 0.3 is 0 Å². The molecule has 1 aliphatic rings. The third-order valence-electron chi connectivity index (χ3n) is 7.23. The Morgan fingerprint density at radius 2 is 1.26 bits per heavy atom. The van der Waals surface area contributed by atoms with Crippen LogP contribution in [0.1, 0.15) is 28.4 Å². The summed E-state index contributed by atoms with van der Waals surface area (Å²) >= 11 is 19.7. The van der Waals surface area contributed by atoms with E-state index < -0.39 is 24.4 Å². The number of ether oxygens (including phenoxy) is 4. The number of aromatic amines is 1. The standard InChI is InChI=1S/C33H29Cl3N2O4/c34-24-16-25-29(38-33(36)37-25)27(28(24)35)31-32(41-19-23-14-8-3-9-15-23)30(40-18-22-12-6-2-7-13-22)26(42-31)20-39-17-21-10-4-1-5-11-21/h1-16,26,30-32H,17-20H2,(H,37,38)/t26-,30-,31+,32+/m1/s1. The molecular formula is C33H29Cl3N2O4. The minimum atomic E-state index is -0.659. The molecule has 1 N–H and O–H groups in total. The minimum absolute atomic E-state index is 0.226. The maximum atomic E-state index is 6.86. The first-order chi connectivity index (χ1) is 20.6. The normalized spacial score (nSPS) is 20.4. The summed E-state index contributed by atoms with van der Waals surface area (Å²) in [5, 5.41) is 0.915. The number of rotatable bonds is 11. The molecule has 4 aromatic carbocycles. The van der Waals surface area contributed by atoms with Crippen molar-refractivity contribution in [2.75, 3.05) is 6.61 Å². The highest BCUT2D eigenvalue weighted by molar-refractivity contribution is 6.43. The Labute approximate surface area is 259 Å². The summed E-state index contributed by atoms with van der Waals surface area (Å²) in [5.41, 5.74) is 4.94. The third kappa shape index (κ3) is 6.66. The van der Waals surface area contributed by atoms with Crippen molar-refractivity contribution in [2.45, 2.75) is 44.2 Å². The van der Waals surface area contributed by atoms with Gasteiger partial charge in [0, 0.05) is 5.56 Å². The third-order valence-corrected chi connectivity index (χ3v) is 8.22. The van der Waals surface area contributed by atoms with E-state index in [1.807, 2.05) is 91.0 Å². The van der Waals surface area contributed by atoms with Gasteiger partial charge < -0.3 is 23.9 Å². The lowest BCUT2D eigenvalue weighted by Gasteiger charge is -2.26. The summed E-state index contributed by atoms with van der Waals surface area (Å²) in [5.74, 6) is 0. The van der Waals surface area contributed by atoms with Gasteiger partial charge in [-0.25, -0.2) is 4.98 Å². The first-order valence-electron chi connectivity index (χ1n) is 13.7. The highest BCUT2D eigenvalue weighted by Crippen LogP contribution is 2.45. The molecule has 5 aromatic rings. The van der Waals surface area contributed by atoms with Crippen molar-refractivity contribution in [3.63, 3.8) is 0 Å². The number of fused-ring (bicyclic) bond motifs is 1. The van der Waals surface area contributed by atoms with Crippen LogP contribution in [0.5, 0.6) is 0 Å². The Hall–Kier alpha value is -2.94. The molecule has 1 aliphatic heterocycles. The summed E-state index contributed by atoms with van der Waals surface area (Å²) in [6.07, 6.45) is -2.18. The number of imidazole rings is 1. The van der Waals surface area contributed by atoms with E-state index in [4.69, 9.17) is 53.8 Å². The van der Waals surface area contributed by atoms with Gasteiger partial charge in [-0.1, -0.05) is 114 Å². The van der Waals surface area contributed by atoms with E-state index in [-0.39, 0.29) is 11.9 Å². The van der Waals surface area contributed by atoms with Gasteiger partial charge in [0.05, 0.1) is 47.5 Å². The van der Waals surface area contributed by atoms with Gasteiger partial charge in [0.1, 0.15) is 24.4 Å². The number of H-pyrrole nitrogens is 1. The molecule has 1 fully saturated rings. The van der Waals surface area contributed by atoms with Crippen molar-refractivity contribution in [2.24, 2.45) is 0 Å². The van der Waals surface area contributed by atoms with E-state index in [0.717, 1.165) is 16.7 Å². The van der Waals surface area contributed by atoms with Crippen LogP contribution in [-0.4, -0.2) is 34.9 Å². The molecule has 4 atom stereocenters. The molecule has 0 saturated carbocycles. The molecule has 0 aliphatic carbocycles. The van der Waals surface area contributed by atoms with E-state index >= 15 is 0 Å². The van der Waals surface area contributed by atoms with Crippen molar-refractivity contribution in [3.8, 4) is 0 Å². The van der Waals surface area contributed by atoms with E-state index in [1.54, 1.807) is 6.07 Å². The summed E-state index contributed by atoms with van der Waals surface area (Å²) < 4.78 is 26.1. The van der Waals surface area contributed by atoms with Gasteiger partial charge in [-0.3, -0.25) is 0 Å². The van der Waals surface area contributed by atoms with Crippen molar-refractivity contribution >= 4 is 45.8 Å². The first kappa shape index (κ1) is 29.1. The van der Waals surface area contributed by atoms with Crippen LogP contribution in [0.3, 0.4) is 0 Å². The van der Waals surface area contributed by atoms with Gasteiger partial charge in [0.2, 0.25) is 5.28 Å². The second-order valence-corrected chi connectivity index (χ2v) is 11.3. The van der Waals surface area contributed by atoms with Crippen LogP contribution in [0.15, 0.2) is 97.1 Å². The van der Waals surface area contributed by atoms with Gasteiger partial charge in [-0.2, -0.15) is 0 Å². The van der Waals surface area contributed by atoms with Gasteiger partial charge in [0.25, 0.3) is 0 Å². The van der Waals surface area contributed by atoms with E-state index in [2.05, 4.69) is 9.97 Å². The van der Waals surface area contributed by atoms with E-state index in [1.165, 1.54) is 0 Å². The fourth-order valence-corrected chi connectivity index (χ4v) is 5.88. The predicted octanol–water partition coefficient (Wildman–Crippen LogP) is 8.35. The molecule has 6 nitrogen and oxygen atoms in total. The Morgan fingerprint density at radius 1 is 0.714 bits per heavy atom. The van der Waals surface area contributed by atoms with Crippen LogP contribution >= 0.6 is 34.8 Å². The topological polar surface area (TPSA) is 65.6 Å². The summed E-state index contributed by atoms with van der Waals surface area (Å²) in [6, 6.07) is 31.7. The molecule has 0 unspecified atom stereocenters. The van der Waals surface area contributed by atoms with Crippen LogP contribution < -0.4 is 0 Å². The minimum Gasteiger partial charge on any atom is -0.374 e. The quantitative estimate of drug-likeness (QED) is 0.160. The number of nitrogens with zero attached hydrogens (tertiary/aromatic N) is 1. The zero-order chi connectivity index (χ0) is 28.9. The zero-order valence-corrected chi connectivity index (χ0v) is 24.9. The molecule has 0 bridgehead atoms. The van der Waals surface area contributed by atoms with Crippen LogP contribution in [0.25, 0.3) is 11.0 Å². The molecule has 1 saturated heterocycles. The molecule has 6 rings (SSSR count). The summed E-state index contributed by atoms with van der Waals surface area (Å²) in [4.78, 5) is 7.56. The van der Waals surface area contributed by atoms with E-state index in [9.17, 15) is 0 Å². The number of halogens is 3. The van der Waals surface area contributed by atoms with Gasteiger partial charge in [-0.15, -0.1) is 0 Å². The van der Waals surface area contributed by atoms with Crippen LogP contribution in [0, 0.1) is 0 Å². The maximum Gasteiger partial charge on any atom is 0.201 e. The van der Waals surface area contributed by atoms with Crippen molar-refractivity contribution in [3.05, 3.63) is 135 Å². The highest BCUT2D eigenvalue weighted by atomic mass is 35.5. The highest BCUT2D eigenvalue weighted by Gasteiger charge is 2.49. The van der Waals surface area contributed by atoms with Crippen LogP contribution in [-0.2, 0) is 38.8 Å². The summed E-state index contributed by atoms with van der Waals surface area (Å²) in [7, 11) is 0. The number of nitrogens with one attached hydrogen (secondary N) is 1. The number of hydrogen-bond donors (Lipinski definition) is 1. The monoisotopic (exact) mass is 622 g/mol. The smallest absolute Gasteiger partial charge is 0.201 e. The van der Waals surface area contributed by atoms with Crippen molar-refractivity contribution in [1.82, 2.24) is 9.97 Å². The summed E-state index contributed by atoms with van der Waals surface area (Å²) in [6.45, 7) is 1.42. The molecule has 2 heterocycles. The Morgan fingerprint density at radius 3 is 1.86 bits per heavy atom. The van der Waals surface area contributed by atoms with Gasteiger partial charge in [0.15, 0.2) is 0 Å². The molecule has 9 heteroatoms. The molecular weight excluding hydrogens is 595 g/mol. The molecule has 0 amide bonds. The molecule has 1 aromatic heterocycles. The van der Waals surface area contributed by atoms with Crippen LogP contribution in [0.2, 0.25) is 15.3 Å². The molecule has 216 valence electrons. The van der Waals surface area contributed by atoms with E-state index in [0.29, 0.717) is 46.5 Å². The second-order valence-electron chi connectivity index (χ2n) is 10.1. The number of benzene rings is 4. The fraction of sp³-hybridized carbons (Fsp3) is 0.242. The Kier molecular flexibility index (Phi) is 9.42. The van der Waals surface area contributed by atoms with Gasteiger partial charge in [-0.05, 0) is 34.4 Å². The van der Waals surface area contributed by atoms with Crippen molar-refractivity contribution in [1.29, 1.82) is 0 Å². The average molecular weight is 624 g/mol. The lowest BCUT2D eigenvalue weighted by atomic mass is 9.99. The molecule has 42 heavy (non-hydrogen) atoms. The lowest BCUT2D eigenvalue weighted by Crippen LogP contribution is -2.37. The van der Waals surface area contributed by atoms with Crippen molar-refractivity contribution < 1.29 is 18.9 Å². The molecule has 0 spiro atoms.